The molecule has 1 saturated heterocycles. The van der Waals surface area contributed by atoms with Crippen LogP contribution in [0, 0.1) is 0 Å². The Bertz CT molecular complexity index is 570. The fraction of sp³-hybridized carbons (Fsp3) is 0.579. The van der Waals surface area contributed by atoms with Gasteiger partial charge in [-0.2, -0.15) is 0 Å². The zero-order valence-electron chi connectivity index (χ0n) is 16.2. The van der Waals surface area contributed by atoms with Gasteiger partial charge in [0.1, 0.15) is 5.76 Å². The number of benzene rings is 1. The van der Waals surface area contributed by atoms with Crippen molar-refractivity contribution in [3.8, 4) is 0 Å². The number of ether oxygens (including phenoxy) is 2. The topological polar surface area (TPSA) is 27.7 Å². The van der Waals surface area contributed by atoms with Gasteiger partial charge in [-0.25, -0.2) is 0 Å². The third kappa shape index (κ3) is 4.60. The Morgan fingerprint density at radius 3 is 2.12 bits per heavy atom. The molecule has 1 aliphatic heterocycles. The number of hydrogen-bond acceptors (Lipinski definition) is 3. The molecule has 0 aliphatic carbocycles. The van der Waals surface area contributed by atoms with E-state index in [9.17, 15) is 0 Å². The van der Waals surface area contributed by atoms with Gasteiger partial charge in [0.25, 0.3) is 0 Å². The van der Waals surface area contributed by atoms with Crippen LogP contribution in [0.2, 0.25) is 38.3 Å². The molecule has 1 heterocycles. The smallest absolute Gasteiger partial charge is 0.242 e. The monoisotopic (exact) mass is 364 g/mol. The molecule has 1 atom stereocenters. The molecular formula is C19H32O3Si2. The lowest BCUT2D eigenvalue weighted by atomic mass is 10.2. The maximum atomic E-state index is 6.40. The quantitative estimate of drug-likeness (QED) is 0.550. The Balaban J connectivity index is 2.34. The minimum absolute atomic E-state index is 0.413. The second-order valence-corrected chi connectivity index (χ2v) is 17.6. The zero-order chi connectivity index (χ0) is 18.0. The predicted molar refractivity (Wildman–Crippen MR) is 106 cm³/mol. The lowest BCUT2D eigenvalue weighted by Gasteiger charge is -2.34. The summed E-state index contributed by atoms with van der Waals surface area (Å²) in [5, 5.41) is 1.46. The summed E-state index contributed by atoms with van der Waals surface area (Å²) in [6.07, 6.45) is 2.27. The standard InChI is InChI=1S/C19H32O3Si2/c1-16(24(6,7)17-11-9-8-10-12-17)15-18(22-23(3,4)5)19(2)20-13-14-21-19/h8-12,15-16H,13-14H2,1-7H3/b18-15-/t16-/m0/s1. The van der Waals surface area contributed by atoms with Crippen LogP contribution in [-0.4, -0.2) is 35.4 Å². The molecule has 0 radical (unpaired) electrons. The predicted octanol–water partition coefficient (Wildman–Crippen LogP) is 4.49. The minimum atomic E-state index is -1.75. The van der Waals surface area contributed by atoms with Crippen molar-refractivity contribution >= 4 is 21.6 Å². The van der Waals surface area contributed by atoms with E-state index in [1.807, 2.05) is 6.92 Å². The van der Waals surface area contributed by atoms with E-state index in [2.05, 4.69) is 76.1 Å². The molecule has 1 aromatic carbocycles. The molecule has 3 nitrogen and oxygen atoms in total. The van der Waals surface area contributed by atoms with Crippen LogP contribution in [0.25, 0.3) is 0 Å². The SMILES string of the molecule is C[C@@H](/C=C(\O[Si](C)(C)C)C1(C)OCCO1)[Si](C)(C)c1ccccc1. The van der Waals surface area contributed by atoms with Crippen LogP contribution in [0.5, 0.6) is 0 Å². The molecular weight excluding hydrogens is 332 g/mol. The molecule has 2 rings (SSSR count). The summed E-state index contributed by atoms with van der Waals surface area (Å²) in [6, 6.07) is 10.8. The zero-order valence-corrected chi connectivity index (χ0v) is 18.2. The van der Waals surface area contributed by atoms with Gasteiger partial charge in [-0.3, -0.25) is 0 Å². The molecule has 0 spiro atoms. The number of rotatable bonds is 6. The lowest BCUT2D eigenvalue weighted by Crippen LogP contribution is -2.45. The Labute approximate surface area is 149 Å². The summed E-state index contributed by atoms with van der Waals surface area (Å²) in [7, 11) is -3.41. The van der Waals surface area contributed by atoms with Crippen molar-refractivity contribution in [3.05, 3.63) is 42.2 Å². The molecule has 1 aliphatic rings. The van der Waals surface area contributed by atoms with Gasteiger partial charge in [-0.15, -0.1) is 0 Å². The van der Waals surface area contributed by atoms with Crippen LogP contribution in [-0.2, 0) is 13.9 Å². The van der Waals surface area contributed by atoms with Crippen LogP contribution in [0.15, 0.2) is 42.2 Å². The van der Waals surface area contributed by atoms with Crippen molar-refractivity contribution in [2.75, 3.05) is 13.2 Å². The van der Waals surface area contributed by atoms with Crippen LogP contribution in [0.4, 0.5) is 0 Å². The largest absolute Gasteiger partial charge is 0.544 e. The Morgan fingerprint density at radius 2 is 1.62 bits per heavy atom. The molecule has 0 amide bonds. The van der Waals surface area contributed by atoms with Crippen molar-refractivity contribution in [1.82, 2.24) is 0 Å². The lowest BCUT2D eigenvalue weighted by molar-refractivity contribution is -0.131. The molecule has 0 saturated carbocycles. The van der Waals surface area contributed by atoms with E-state index in [4.69, 9.17) is 13.9 Å². The van der Waals surface area contributed by atoms with Gasteiger partial charge in [0.05, 0.1) is 21.3 Å². The first-order valence-electron chi connectivity index (χ1n) is 8.79. The van der Waals surface area contributed by atoms with Gasteiger partial charge < -0.3 is 13.9 Å². The minimum Gasteiger partial charge on any atom is -0.544 e. The summed E-state index contributed by atoms with van der Waals surface area (Å²) >= 11 is 0. The van der Waals surface area contributed by atoms with E-state index in [-0.39, 0.29) is 0 Å². The van der Waals surface area contributed by atoms with E-state index in [1.54, 1.807) is 0 Å². The summed E-state index contributed by atoms with van der Waals surface area (Å²) in [4.78, 5) is 0. The summed E-state index contributed by atoms with van der Waals surface area (Å²) in [5.74, 6) is 0.124. The van der Waals surface area contributed by atoms with E-state index < -0.39 is 22.2 Å². The summed E-state index contributed by atoms with van der Waals surface area (Å²) in [5.41, 5.74) is 0.413. The fourth-order valence-electron chi connectivity index (χ4n) is 2.83. The number of allylic oxidation sites excluding steroid dienone is 1. The average Bonchev–Trinajstić information content (AvgIpc) is 2.94. The maximum Gasteiger partial charge on any atom is 0.242 e. The maximum absolute atomic E-state index is 6.40. The van der Waals surface area contributed by atoms with Crippen molar-refractivity contribution < 1.29 is 13.9 Å². The van der Waals surface area contributed by atoms with E-state index in [1.165, 1.54) is 5.19 Å². The van der Waals surface area contributed by atoms with Crippen molar-refractivity contribution in [3.63, 3.8) is 0 Å². The van der Waals surface area contributed by atoms with Crippen molar-refractivity contribution in [2.45, 2.75) is 57.9 Å². The molecule has 0 bridgehead atoms. The third-order valence-corrected chi connectivity index (χ3v) is 9.86. The van der Waals surface area contributed by atoms with Gasteiger partial charge in [-0.1, -0.05) is 55.5 Å². The van der Waals surface area contributed by atoms with Gasteiger partial charge in [0.15, 0.2) is 0 Å². The van der Waals surface area contributed by atoms with Crippen molar-refractivity contribution in [1.29, 1.82) is 0 Å². The molecule has 0 unspecified atom stereocenters. The highest BCUT2D eigenvalue weighted by atomic mass is 28.4. The second kappa shape index (κ2) is 7.16. The Morgan fingerprint density at radius 1 is 1.08 bits per heavy atom. The number of hydrogen-bond donors (Lipinski definition) is 0. The van der Waals surface area contributed by atoms with Gasteiger partial charge in [0.2, 0.25) is 14.1 Å². The molecule has 1 fully saturated rings. The first-order valence-corrected chi connectivity index (χ1v) is 15.3. The van der Waals surface area contributed by atoms with Crippen LogP contribution < -0.4 is 5.19 Å². The highest BCUT2D eigenvalue weighted by molar-refractivity contribution is 6.91. The first-order chi connectivity index (χ1) is 11.0. The molecule has 0 aromatic heterocycles. The summed E-state index contributed by atoms with van der Waals surface area (Å²) in [6.45, 7) is 16.9. The molecule has 134 valence electrons. The normalized spacial score (nSPS) is 20.0. The second-order valence-electron chi connectivity index (χ2n) is 8.26. The highest BCUT2D eigenvalue weighted by Crippen LogP contribution is 2.34. The van der Waals surface area contributed by atoms with Crippen LogP contribution in [0.3, 0.4) is 0 Å². The molecule has 0 N–H and O–H groups in total. The van der Waals surface area contributed by atoms with E-state index >= 15 is 0 Å². The Hall–Kier alpha value is -0.886. The first kappa shape index (κ1) is 19.4. The molecule has 1 aromatic rings. The highest BCUT2D eigenvalue weighted by Gasteiger charge is 2.41. The molecule has 5 heteroatoms. The van der Waals surface area contributed by atoms with Gasteiger partial charge >= 0.3 is 0 Å². The molecule has 24 heavy (non-hydrogen) atoms. The van der Waals surface area contributed by atoms with E-state index in [0.717, 1.165) is 5.76 Å². The third-order valence-electron chi connectivity index (χ3n) is 4.76. The average molecular weight is 365 g/mol. The van der Waals surface area contributed by atoms with E-state index in [0.29, 0.717) is 18.8 Å². The van der Waals surface area contributed by atoms with Gasteiger partial charge in [0, 0.05) is 0 Å². The van der Waals surface area contributed by atoms with Gasteiger partial charge in [-0.05, 0) is 38.2 Å². The van der Waals surface area contributed by atoms with Crippen molar-refractivity contribution in [2.24, 2.45) is 0 Å². The van der Waals surface area contributed by atoms with Crippen LogP contribution >= 0.6 is 0 Å². The Kier molecular flexibility index (Phi) is 5.80. The summed E-state index contributed by atoms with van der Waals surface area (Å²) < 4.78 is 18.2. The van der Waals surface area contributed by atoms with Crippen LogP contribution in [0.1, 0.15) is 13.8 Å². The fourth-order valence-corrected chi connectivity index (χ4v) is 5.89.